The van der Waals surface area contributed by atoms with Gasteiger partial charge in [-0.1, -0.05) is 60.7 Å². The van der Waals surface area contributed by atoms with E-state index >= 15 is 0 Å². The zero-order chi connectivity index (χ0) is 19.1. The fourth-order valence-corrected chi connectivity index (χ4v) is 3.13. The van der Waals surface area contributed by atoms with E-state index in [1.807, 2.05) is 60.7 Å². The van der Waals surface area contributed by atoms with Crippen molar-refractivity contribution in [2.75, 3.05) is 13.2 Å². The van der Waals surface area contributed by atoms with Crippen LogP contribution in [0.5, 0.6) is 0 Å². The van der Waals surface area contributed by atoms with Crippen LogP contribution < -0.4 is 0 Å². The van der Waals surface area contributed by atoms with Crippen LogP contribution in [0.4, 0.5) is 0 Å². The predicted octanol–water partition coefficient (Wildman–Crippen LogP) is 1.27. The van der Waals surface area contributed by atoms with Gasteiger partial charge >= 0.3 is 0 Å². The van der Waals surface area contributed by atoms with Crippen molar-refractivity contribution in [2.24, 2.45) is 0 Å². The maximum Gasteiger partial charge on any atom is 0.115 e. The molecular formula is C21H26O6. The third-order valence-corrected chi connectivity index (χ3v) is 4.64. The summed E-state index contributed by atoms with van der Waals surface area (Å²) < 4.78 is 17.1. The number of ether oxygens (including phenoxy) is 3. The maximum atomic E-state index is 10.6. The first-order valence-corrected chi connectivity index (χ1v) is 9.08. The highest BCUT2D eigenvalue weighted by molar-refractivity contribution is 5.14. The van der Waals surface area contributed by atoms with E-state index in [-0.39, 0.29) is 19.8 Å². The van der Waals surface area contributed by atoms with Crippen LogP contribution in [0.3, 0.4) is 0 Å². The van der Waals surface area contributed by atoms with Gasteiger partial charge < -0.3 is 29.5 Å². The summed E-state index contributed by atoms with van der Waals surface area (Å²) in [5, 5.41) is 30.5. The van der Waals surface area contributed by atoms with Crippen LogP contribution in [0.2, 0.25) is 0 Å². The van der Waals surface area contributed by atoms with Crippen molar-refractivity contribution in [1.29, 1.82) is 0 Å². The molecule has 0 aromatic heterocycles. The Morgan fingerprint density at radius 1 is 0.778 bits per heavy atom. The standard InChI is InChI=1S/C21H26O6/c22-11-17-19(23)21(26-13-16-9-5-2-6-10-16)20(24)18(27-17)14-25-12-15-7-3-1-4-8-15/h1-10,17-24H,11-14H2/t17-,18+,19?,20?,21+/m0/s1. The molecule has 2 aromatic carbocycles. The van der Waals surface area contributed by atoms with Crippen molar-refractivity contribution in [3.8, 4) is 0 Å². The molecule has 0 radical (unpaired) electrons. The van der Waals surface area contributed by atoms with E-state index in [0.29, 0.717) is 6.61 Å². The first kappa shape index (κ1) is 19.9. The molecule has 6 nitrogen and oxygen atoms in total. The average molecular weight is 374 g/mol. The molecule has 3 N–H and O–H groups in total. The fourth-order valence-electron chi connectivity index (χ4n) is 3.13. The number of hydrogen-bond acceptors (Lipinski definition) is 6. The molecule has 27 heavy (non-hydrogen) atoms. The first-order chi connectivity index (χ1) is 13.2. The smallest absolute Gasteiger partial charge is 0.115 e. The summed E-state index contributed by atoms with van der Waals surface area (Å²) in [5.74, 6) is 0. The molecule has 1 aliphatic rings. The Balaban J connectivity index is 1.58. The molecule has 0 saturated carbocycles. The third-order valence-electron chi connectivity index (χ3n) is 4.64. The molecule has 3 rings (SSSR count). The van der Waals surface area contributed by atoms with Crippen molar-refractivity contribution < 1.29 is 29.5 Å². The van der Waals surface area contributed by atoms with Gasteiger partial charge in [0.2, 0.25) is 0 Å². The van der Waals surface area contributed by atoms with Crippen LogP contribution in [0.25, 0.3) is 0 Å². The molecule has 6 heteroatoms. The molecule has 0 aliphatic carbocycles. The summed E-state index contributed by atoms with van der Waals surface area (Å²) in [6.45, 7) is 0.392. The molecule has 2 aromatic rings. The van der Waals surface area contributed by atoms with Crippen molar-refractivity contribution in [3.63, 3.8) is 0 Å². The maximum absolute atomic E-state index is 10.6. The van der Waals surface area contributed by atoms with E-state index < -0.39 is 30.5 Å². The minimum atomic E-state index is -1.13. The summed E-state index contributed by atoms with van der Waals surface area (Å²) >= 11 is 0. The van der Waals surface area contributed by atoms with Crippen LogP contribution in [-0.4, -0.2) is 59.1 Å². The van der Waals surface area contributed by atoms with Gasteiger partial charge in [0.1, 0.15) is 30.5 Å². The minimum Gasteiger partial charge on any atom is -0.394 e. The molecule has 5 atom stereocenters. The normalized spacial score (nSPS) is 28.2. The van der Waals surface area contributed by atoms with Crippen molar-refractivity contribution in [2.45, 2.75) is 43.7 Å². The number of aliphatic hydroxyl groups excluding tert-OH is 3. The molecule has 146 valence electrons. The molecule has 0 amide bonds. The summed E-state index contributed by atoms with van der Waals surface area (Å²) in [6.07, 6.45) is -4.60. The van der Waals surface area contributed by atoms with Gasteiger partial charge in [-0.25, -0.2) is 0 Å². The lowest BCUT2D eigenvalue weighted by Crippen LogP contribution is -2.60. The summed E-state index contributed by atoms with van der Waals surface area (Å²) in [4.78, 5) is 0. The van der Waals surface area contributed by atoms with E-state index in [2.05, 4.69) is 0 Å². The van der Waals surface area contributed by atoms with E-state index in [1.54, 1.807) is 0 Å². The molecule has 1 saturated heterocycles. The average Bonchev–Trinajstić information content (AvgIpc) is 2.71. The second kappa shape index (κ2) is 9.94. The van der Waals surface area contributed by atoms with Crippen LogP contribution in [0.15, 0.2) is 60.7 Å². The molecule has 0 spiro atoms. The highest BCUT2D eigenvalue weighted by Gasteiger charge is 2.45. The lowest BCUT2D eigenvalue weighted by Gasteiger charge is -2.42. The van der Waals surface area contributed by atoms with Gasteiger partial charge in [0.05, 0.1) is 26.4 Å². The minimum absolute atomic E-state index is 0.129. The summed E-state index contributed by atoms with van der Waals surface area (Å²) in [6, 6.07) is 19.2. The Bertz CT molecular complexity index is 665. The van der Waals surface area contributed by atoms with Gasteiger partial charge in [-0.3, -0.25) is 0 Å². The Hall–Kier alpha value is -1.80. The Morgan fingerprint density at radius 3 is 1.93 bits per heavy atom. The number of aliphatic hydroxyl groups is 3. The van der Waals surface area contributed by atoms with Crippen LogP contribution in [0.1, 0.15) is 11.1 Å². The lowest BCUT2D eigenvalue weighted by molar-refractivity contribution is -0.253. The van der Waals surface area contributed by atoms with Gasteiger partial charge in [-0.05, 0) is 11.1 Å². The van der Waals surface area contributed by atoms with Crippen molar-refractivity contribution in [1.82, 2.24) is 0 Å². The summed E-state index contributed by atoms with van der Waals surface area (Å²) in [7, 11) is 0. The highest BCUT2D eigenvalue weighted by Crippen LogP contribution is 2.25. The second-order valence-electron chi connectivity index (χ2n) is 6.64. The molecule has 0 bridgehead atoms. The van der Waals surface area contributed by atoms with Gasteiger partial charge in [-0.2, -0.15) is 0 Å². The van der Waals surface area contributed by atoms with Crippen molar-refractivity contribution in [3.05, 3.63) is 71.8 Å². The lowest BCUT2D eigenvalue weighted by atomic mass is 9.95. The van der Waals surface area contributed by atoms with Gasteiger partial charge in [-0.15, -0.1) is 0 Å². The van der Waals surface area contributed by atoms with Crippen LogP contribution in [0, 0.1) is 0 Å². The van der Waals surface area contributed by atoms with Gasteiger partial charge in [0, 0.05) is 0 Å². The van der Waals surface area contributed by atoms with Gasteiger partial charge in [0.15, 0.2) is 0 Å². The number of hydrogen-bond donors (Lipinski definition) is 3. The molecule has 1 aliphatic heterocycles. The molecule has 1 heterocycles. The van der Waals surface area contributed by atoms with Crippen LogP contribution >= 0.6 is 0 Å². The molecular weight excluding hydrogens is 348 g/mol. The molecule has 2 unspecified atom stereocenters. The SMILES string of the molecule is OC[C@@H]1O[C@H](COCc2ccccc2)C(O)[C@H](OCc2ccccc2)C1O. The predicted molar refractivity (Wildman–Crippen MR) is 98.9 cm³/mol. The zero-order valence-electron chi connectivity index (χ0n) is 15.1. The van der Waals surface area contributed by atoms with E-state index in [1.165, 1.54) is 0 Å². The van der Waals surface area contributed by atoms with Gasteiger partial charge in [0.25, 0.3) is 0 Å². The Kier molecular flexibility index (Phi) is 7.34. The fraction of sp³-hybridized carbons (Fsp3) is 0.429. The Labute approximate surface area is 158 Å². The monoisotopic (exact) mass is 374 g/mol. The topological polar surface area (TPSA) is 88.4 Å². The Morgan fingerprint density at radius 2 is 1.33 bits per heavy atom. The second-order valence-corrected chi connectivity index (χ2v) is 6.64. The largest absolute Gasteiger partial charge is 0.394 e. The van der Waals surface area contributed by atoms with Crippen molar-refractivity contribution >= 4 is 0 Å². The van der Waals surface area contributed by atoms with Crippen LogP contribution in [-0.2, 0) is 27.4 Å². The third kappa shape index (κ3) is 5.35. The van der Waals surface area contributed by atoms with E-state index in [9.17, 15) is 15.3 Å². The first-order valence-electron chi connectivity index (χ1n) is 9.08. The zero-order valence-corrected chi connectivity index (χ0v) is 15.1. The van der Waals surface area contributed by atoms with E-state index in [4.69, 9.17) is 14.2 Å². The number of benzene rings is 2. The summed E-state index contributed by atoms with van der Waals surface area (Å²) in [5.41, 5.74) is 1.94. The van der Waals surface area contributed by atoms with E-state index in [0.717, 1.165) is 11.1 Å². The molecule has 1 fully saturated rings. The quantitative estimate of drug-likeness (QED) is 0.645. The highest BCUT2D eigenvalue weighted by atomic mass is 16.6. The number of rotatable bonds is 8.